The van der Waals surface area contributed by atoms with Gasteiger partial charge in [-0.05, 0) is 49.7 Å². The summed E-state index contributed by atoms with van der Waals surface area (Å²) in [6.07, 6.45) is -4.61. The van der Waals surface area contributed by atoms with E-state index in [1.54, 1.807) is 18.2 Å². The quantitative estimate of drug-likeness (QED) is 0.737. The van der Waals surface area contributed by atoms with Crippen molar-refractivity contribution in [3.8, 4) is 5.75 Å². The van der Waals surface area contributed by atoms with Gasteiger partial charge in [-0.1, -0.05) is 17.7 Å². The van der Waals surface area contributed by atoms with E-state index in [0.29, 0.717) is 11.8 Å². The van der Waals surface area contributed by atoms with Crippen LogP contribution in [0.15, 0.2) is 36.4 Å². The second kappa shape index (κ2) is 6.45. The van der Waals surface area contributed by atoms with Gasteiger partial charge in [0, 0.05) is 0 Å². The molecule has 2 aromatic carbocycles. The fourth-order valence-electron chi connectivity index (χ4n) is 2.53. The van der Waals surface area contributed by atoms with Gasteiger partial charge in [0.1, 0.15) is 5.75 Å². The Balaban J connectivity index is 1.90. The van der Waals surface area contributed by atoms with E-state index in [1.807, 2.05) is 6.92 Å². The topological polar surface area (TPSA) is 67.4 Å². The summed E-state index contributed by atoms with van der Waals surface area (Å²) >= 11 is 5.89. The van der Waals surface area contributed by atoms with Crippen LogP contribution in [0, 0.1) is 6.92 Å². The van der Waals surface area contributed by atoms with Crippen LogP contribution in [0.2, 0.25) is 5.02 Å². The Labute approximate surface area is 157 Å². The molecule has 9 heteroatoms. The van der Waals surface area contributed by atoms with Gasteiger partial charge in [-0.25, -0.2) is 0 Å². The number of hydrogen-bond donors (Lipinski definition) is 2. The van der Waals surface area contributed by atoms with E-state index >= 15 is 0 Å². The smallest absolute Gasteiger partial charge is 0.416 e. The SMILES string of the molecule is Cc1ccc2c(c1)NC(=O)C(C)(C(=O)Nc1cc(C(F)(F)F)ccc1Cl)O2. The number of amides is 2. The Morgan fingerprint density at radius 3 is 2.59 bits per heavy atom. The van der Waals surface area contributed by atoms with E-state index in [2.05, 4.69) is 10.6 Å². The number of fused-ring (bicyclic) bond motifs is 1. The van der Waals surface area contributed by atoms with Gasteiger partial charge in [0.05, 0.1) is 22.0 Å². The van der Waals surface area contributed by atoms with E-state index < -0.39 is 29.2 Å². The van der Waals surface area contributed by atoms with Crippen molar-refractivity contribution in [1.82, 2.24) is 0 Å². The van der Waals surface area contributed by atoms with Gasteiger partial charge in [-0.15, -0.1) is 0 Å². The molecule has 27 heavy (non-hydrogen) atoms. The number of halogens is 4. The highest BCUT2D eigenvalue weighted by Crippen LogP contribution is 2.37. The molecule has 0 bridgehead atoms. The molecule has 2 N–H and O–H groups in total. The minimum atomic E-state index is -4.61. The molecule has 0 spiro atoms. The fraction of sp³-hybridized carbons (Fsp3) is 0.222. The summed E-state index contributed by atoms with van der Waals surface area (Å²) in [5.74, 6) is -1.43. The van der Waals surface area contributed by atoms with Gasteiger partial charge in [-0.3, -0.25) is 9.59 Å². The lowest BCUT2D eigenvalue weighted by molar-refractivity contribution is -0.143. The summed E-state index contributed by atoms with van der Waals surface area (Å²) in [4.78, 5) is 25.1. The standard InChI is InChI=1S/C18H14ClF3N2O3/c1-9-3-6-14-13(7-9)24-16(26)17(2,27-14)15(25)23-12-8-10(18(20,21)22)4-5-11(12)19/h3-8H,1-2H3,(H,23,25)(H,24,26). The zero-order valence-electron chi connectivity index (χ0n) is 14.2. The van der Waals surface area contributed by atoms with E-state index in [4.69, 9.17) is 16.3 Å². The molecule has 5 nitrogen and oxygen atoms in total. The van der Waals surface area contributed by atoms with Gasteiger partial charge in [-0.2, -0.15) is 13.2 Å². The summed E-state index contributed by atoms with van der Waals surface area (Å²) in [6, 6.07) is 7.51. The van der Waals surface area contributed by atoms with Crippen LogP contribution in [0.3, 0.4) is 0 Å². The van der Waals surface area contributed by atoms with Crippen molar-refractivity contribution in [2.24, 2.45) is 0 Å². The largest absolute Gasteiger partial charge is 0.466 e. The van der Waals surface area contributed by atoms with Crippen molar-refractivity contribution < 1.29 is 27.5 Å². The molecule has 0 saturated heterocycles. The molecule has 142 valence electrons. The van der Waals surface area contributed by atoms with Crippen molar-refractivity contribution in [2.45, 2.75) is 25.6 Å². The minimum absolute atomic E-state index is 0.104. The number of nitrogens with one attached hydrogen (secondary N) is 2. The molecule has 1 heterocycles. The van der Waals surface area contributed by atoms with Gasteiger partial charge in [0.15, 0.2) is 0 Å². The number of hydrogen-bond acceptors (Lipinski definition) is 3. The van der Waals surface area contributed by atoms with Crippen LogP contribution in [0.1, 0.15) is 18.1 Å². The van der Waals surface area contributed by atoms with Gasteiger partial charge in [0.25, 0.3) is 17.4 Å². The molecule has 3 rings (SSSR count). The highest BCUT2D eigenvalue weighted by Gasteiger charge is 2.47. The lowest BCUT2D eigenvalue weighted by atomic mass is 10.0. The van der Waals surface area contributed by atoms with Crippen LogP contribution in [-0.4, -0.2) is 17.4 Å². The molecule has 1 atom stereocenters. The number of anilines is 2. The molecule has 2 amide bonds. The second-order valence-electron chi connectivity index (χ2n) is 6.24. The van der Waals surface area contributed by atoms with E-state index in [1.165, 1.54) is 6.92 Å². The molecule has 0 aliphatic carbocycles. The third-order valence-electron chi connectivity index (χ3n) is 4.11. The van der Waals surface area contributed by atoms with Crippen LogP contribution in [0.25, 0.3) is 0 Å². The molecule has 0 aromatic heterocycles. The van der Waals surface area contributed by atoms with Crippen molar-refractivity contribution in [3.63, 3.8) is 0 Å². The van der Waals surface area contributed by atoms with Crippen molar-refractivity contribution in [1.29, 1.82) is 0 Å². The second-order valence-corrected chi connectivity index (χ2v) is 6.64. The van der Waals surface area contributed by atoms with Gasteiger partial charge >= 0.3 is 6.18 Å². The third kappa shape index (κ3) is 3.57. The normalized spacial score (nSPS) is 19.0. The van der Waals surface area contributed by atoms with Crippen molar-refractivity contribution in [2.75, 3.05) is 10.6 Å². The number of rotatable bonds is 2. The summed E-state index contributed by atoms with van der Waals surface area (Å²) in [6.45, 7) is 3.05. The molecule has 0 fully saturated rings. The van der Waals surface area contributed by atoms with Crippen molar-refractivity contribution in [3.05, 3.63) is 52.5 Å². The zero-order valence-corrected chi connectivity index (χ0v) is 15.0. The average molecular weight is 399 g/mol. The van der Waals surface area contributed by atoms with Crippen LogP contribution in [0.4, 0.5) is 24.5 Å². The van der Waals surface area contributed by atoms with E-state index in [9.17, 15) is 22.8 Å². The predicted molar refractivity (Wildman–Crippen MR) is 93.9 cm³/mol. The minimum Gasteiger partial charge on any atom is -0.466 e. The Hall–Kier alpha value is -2.74. The first-order valence-electron chi connectivity index (χ1n) is 7.80. The van der Waals surface area contributed by atoms with Gasteiger partial charge in [0.2, 0.25) is 0 Å². The lowest BCUT2D eigenvalue weighted by Gasteiger charge is -2.33. The van der Waals surface area contributed by atoms with E-state index in [0.717, 1.165) is 17.7 Å². The van der Waals surface area contributed by atoms with Crippen molar-refractivity contribution >= 4 is 34.8 Å². The fourth-order valence-corrected chi connectivity index (χ4v) is 2.69. The molecule has 1 aliphatic rings. The molecule has 2 aromatic rings. The Bertz CT molecular complexity index is 946. The summed E-state index contributed by atoms with van der Waals surface area (Å²) in [5.41, 5.74) is -1.96. The van der Waals surface area contributed by atoms with E-state index in [-0.39, 0.29) is 16.5 Å². The monoisotopic (exact) mass is 398 g/mol. The Morgan fingerprint density at radius 2 is 1.93 bits per heavy atom. The van der Waals surface area contributed by atoms with Crippen LogP contribution in [-0.2, 0) is 15.8 Å². The highest BCUT2D eigenvalue weighted by molar-refractivity contribution is 6.34. The first-order valence-corrected chi connectivity index (χ1v) is 8.18. The maximum atomic E-state index is 12.9. The lowest BCUT2D eigenvalue weighted by Crippen LogP contribution is -2.56. The number of benzene rings is 2. The Morgan fingerprint density at radius 1 is 1.22 bits per heavy atom. The third-order valence-corrected chi connectivity index (χ3v) is 4.44. The number of carbonyl (C=O) groups is 2. The molecular weight excluding hydrogens is 385 g/mol. The first-order chi connectivity index (χ1) is 12.5. The first kappa shape index (κ1) is 19.0. The molecule has 1 unspecified atom stereocenters. The average Bonchev–Trinajstić information content (AvgIpc) is 2.57. The zero-order chi connectivity index (χ0) is 20.0. The molecule has 0 saturated carbocycles. The molecule has 0 radical (unpaired) electrons. The number of aryl methyl sites for hydroxylation is 1. The highest BCUT2D eigenvalue weighted by atomic mass is 35.5. The number of alkyl halides is 3. The van der Waals surface area contributed by atoms with Gasteiger partial charge < -0.3 is 15.4 Å². The Kier molecular flexibility index (Phi) is 4.55. The van der Waals surface area contributed by atoms with Crippen LogP contribution < -0.4 is 15.4 Å². The summed E-state index contributed by atoms with van der Waals surface area (Å²) in [7, 11) is 0. The summed E-state index contributed by atoms with van der Waals surface area (Å²) in [5, 5.41) is 4.71. The predicted octanol–water partition coefficient (Wildman–Crippen LogP) is 4.40. The van der Waals surface area contributed by atoms with Crippen LogP contribution in [0.5, 0.6) is 5.75 Å². The van der Waals surface area contributed by atoms with Crippen LogP contribution >= 0.6 is 11.6 Å². The number of carbonyl (C=O) groups excluding carboxylic acids is 2. The maximum absolute atomic E-state index is 12.9. The summed E-state index contributed by atoms with van der Waals surface area (Å²) < 4.78 is 44.2. The number of ether oxygens (including phenoxy) is 1. The molecular formula is C18H14ClF3N2O3. The molecule has 1 aliphatic heterocycles. The maximum Gasteiger partial charge on any atom is 0.416 e.